The first-order valence-electron chi connectivity index (χ1n) is 7.64. The second-order valence-electron chi connectivity index (χ2n) is 6.31. The van der Waals surface area contributed by atoms with Crippen LogP contribution in [0.3, 0.4) is 0 Å². The van der Waals surface area contributed by atoms with Crippen molar-refractivity contribution in [3.05, 3.63) is 24.3 Å². The third kappa shape index (κ3) is 3.67. The number of benzene rings is 1. The highest BCUT2D eigenvalue weighted by molar-refractivity contribution is 7.92. The molecule has 1 aromatic rings. The summed E-state index contributed by atoms with van der Waals surface area (Å²) in [6.07, 6.45) is 2.54. The normalized spacial score (nSPS) is 24.9. The van der Waals surface area contributed by atoms with Crippen LogP contribution in [0.5, 0.6) is 5.75 Å². The topological polar surface area (TPSA) is 92.7 Å². The Bertz CT molecular complexity index is 646. The predicted molar refractivity (Wildman–Crippen MR) is 85.1 cm³/mol. The SMILES string of the molecule is COc1ccc(S(=O)(=O)C2(C)CCC(CC(=O)NO)CC2)cc1. The minimum Gasteiger partial charge on any atom is -0.497 e. The summed E-state index contributed by atoms with van der Waals surface area (Å²) in [5.74, 6) is 0.311. The number of carbonyl (C=O) groups is 1. The van der Waals surface area contributed by atoms with E-state index in [0.717, 1.165) is 0 Å². The van der Waals surface area contributed by atoms with Crippen LogP contribution in [-0.2, 0) is 14.6 Å². The molecular weight excluding hydrogens is 318 g/mol. The molecule has 0 aliphatic heterocycles. The Balaban J connectivity index is 2.12. The van der Waals surface area contributed by atoms with E-state index in [1.165, 1.54) is 7.11 Å². The highest BCUT2D eigenvalue weighted by Gasteiger charge is 2.43. The number of carbonyl (C=O) groups excluding carboxylic acids is 1. The van der Waals surface area contributed by atoms with Crippen molar-refractivity contribution < 1.29 is 23.2 Å². The van der Waals surface area contributed by atoms with E-state index in [1.54, 1.807) is 36.7 Å². The smallest absolute Gasteiger partial charge is 0.243 e. The maximum Gasteiger partial charge on any atom is 0.243 e. The molecule has 23 heavy (non-hydrogen) atoms. The summed E-state index contributed by atoms with van der Waals surface area (Å²) in [6.45, 7) is 1.77. The first kappa shape index (κ1) is 17.7. The second kappa shape index (κ2) is 6.88. The van der Waals surface area contributed by atoms with Gasteiger partial charge in [-0.1, -0.05) is 0 Å². The van der Waals surface area contributed by atoms with Crippen molar-refractivity contribution in [2.75, 3.05) is 7.11 Å². The second-order valence-corrected chi connectivity index (χ2v) is 8.78. The number of amides is 1. The third-order valence-corrected chi connectivity index (χ3v) is 7.38. The molecule has 0 spiro atoms. The van der Waals surface area contributed by atoms with Crippen molar-refractivity contribution >= 4 is 15.7 Å². The monoisotopic (exact) mass is 341 g/mol. The molecular formula is C16H23NO5S. The zero-order valence-corrected chi connectivity index (χ0v) is 14.2. The van der Waals surface area contributed by atoms with Crippen LogP contribution < -0.4 is 10.2 Å². The number of nitrogens with one attached hydrogen (secondary N) is 1. The first-order valence-corrected chi connectivity index (χ1v) is 9.12. The molecule has 2 N–H and O–H groups in total. The van der Waals surface area contributed by atoms with Gasteiger partial charge in [-0.3, -0.25) is 10.0 Å². The molecule has 0 saturated heterocycles. The molecule has 1 aliphatic rings. The van der Waals surface area contributed by atoms with Gasteiger partial charge in [-0.15, -0.1) is 0 Å². The Morgan fingerprint density at radius 2 is 1.87 bits per heavy atom. The van der Waals surface area contributed by atoms with Crippen LogP contribution in [0, 0.1) is 5.92 Å². The molecule has 0 bridgehead atoms. The maximum atomic E-state index is 12.9. The van der Waals surface area contributed by atoms with Gasteiger partial charge in [0.25, 0.3) is 0 Å². The van der Waals surface area contributed by atoms with Gasteiger partial charge in [0.15, 0.2) is 9.84 Å². The van der Waals surface area contributed by atoms with E-state index in [9.17, 15) is 13.2 Å². The molecule has 128 valence electrons. The molecule has 0 unspecified atom stereocenters. The average molecular weight is 341 g/mol. The van der Waals surface area contributed by atoms with Crippen molar-refractivity contribution in [1.82, 2.24) is 5.48 Å². The molecule has 0 radical (unpaired) electrons. The number of sulfone groups is 1. The van der Waals surface area contributed by atoms with Gasteiger partial charge >= 0.3 is 0 Å². The predicted octanol–water partition coefficient (Wildman–Crippen LogP) is 2.31. The standard InChI is InChI=1S/C16H23NO5S/c1-16(9-7-12(8-10-16)11-15(18)17-19)23(20,21)14-5-3-13(22-2)4-6-14/h3-6,12,19H,7-11H2,1-2H3,(H,17,18). The summed E-state index contributed by atoms with van der Waals surface area (Å²) in [6, 6.07) is 6.44. The van der Waals surface area contributed by atoms with Crippen LogP contribution in [0.1, 0.15) is 39.0 Å². The van der Waals surface area contributed by atoms with Gasteiger partial charge in [-0.2, -0.15) is 0 Å². The van der Waals surface area contributed by atoms with Crippen LogP contribution in [0.2, 0.25) is 0 Å². The Hall–Kier alpha value is -1.60. The number of rotatable bonds is 5. The lowest BCUT2D eigenvalue weighted by Crippen LogP contribution is -2.40. The molecule has 2 rings (SSSR count). The van der Waals surface area contributed by atoms with E-state index in [1.807, 2.05) is 0 Å². The molecule has 0 atom stereocenters. The zero-order valence-electron chi connectivity index (χ0n) is 13.4. The van der Waals surface area contributed by atoms with Crippen molar-refractivity contribution in [3.8, 4) is 5.75 Å². The van der Waals surface area contributed by atoms with Crippen LogP contribution in [0.25, 0.3) is 0 Å². The summed E-state index contributed by atoms with van der Waals surface area (Å²) in [7, 11) is -1.91. The quantitative estimate of drug-likeness (QED) is 0.633. The Kier molecular flexibility index (Phi) is 5.31. The number of hydrogen-bond acceptors (Lipinski definition) is 5. The van der Waals surface area contributed by atoms with E-state index in [2.05, 4.69) is 0 Å². The van der Waals surface area contributed by atoms with Crippen molar-refractivity contribution in [1.29, 1.82) is 0 Å². The Morgan fingerprint density at radius 1 is 1.30 bits per heavy atom. The lowest BCUT2D eigenvalue weighted by atomic mass is 9.80. The molecule has 1 saturated carbocycles. The van der Waals surface area contributed by atoms with Gasteiger partial charge in [0.05, 0.1) is 16.8 Å². The summed E-state index contributed by atoms with van der Waals surface area (Å²) in [5.41, 5.74) is 1.63. The fraction of sp³-hybridized carbons (Fsp3) is 0.562. The zero-order chi connectivity index (χ0) is 17.1. The molecule has 0 aromatic heterocycles. The Labute approximate surface area is 136 Å². The van der Waals surface area contributed by atoms with Crippen LogP contribution in [0.15, 0.2) is 29.2 Å². The number of hydrogen-bond donors (Lipinski definition) is 2. The summed E-state index contributed by atoms with van der Waals surface area (Å²) >= 11 is 0. The molecule has 0 heterocycles. The van der Waals surface area contributed by atoms with Crippen molar-refractivity contribution in [3.63, 3.8) is 0 Å². The highest BCUT2D eigenvalue weighted by atomic mass is 32.2. The minimum absolute atomic E-state index is 0.112. The van der Waals surface area contributed by atoms with Crippen LogP contribution in [-0.4, -0.2) is 31.4 Å². The minimum atomic E-state index is -3.45. The molecule has 1 amide bonds. The fourth-order valence-corrected chi connectivity index (χ4v) is 4.94. The molecule has 1 fully saturated rings. The van der Waals surface area contributed by atoms with Crippen molar-refractivity contribution in [2.24, 2.45) is 5.92 Å². The van der Waals surface area contributed by atoms with E-state index >= 15 is 0 Å². The summed E-state index contributed by atoms with van der Waals surface area (Å²) < 4.78 is 30.1. The highest BCUT2D eigenvalue weighted by Crippen LogP contribution is 2.41. The maximum absolute atomic E-state index is 12.9. The summed E-state index contributed by atoms with van der Waals surface area (Å²) in [4.78, 5) is 11.5. The number of ether oxygens (including phenoxy) is 1. The third-order valence-electron chi connectivity index (χ3n) is 4.78. The van der Waals surface area contributed by atoms with Crippen LogP contribution in [0.4, 0.5) is 0 Å². The van der Waals surface area contributed by atoms with Gasteiger partial charge in [0.1, 0.15) is 5.75 Å². The van der Waals surface area contributed by atoms with Crippen molar-refractivity contribution in [2.45, 2.75) is 48.7 Å². The largest absolute Gasteiger partial charge is 0.497 e. The van der Waals surface area contributed by atoms with Gasteiger partial charge in [-0.05, 0) is 62.8 Å². The van der Waals surface area contributed by atoms with Gasteiger partial charge in [0.2, 0.25) is 5.91 Å². The molecule has 6 nitrogen and oxygen atoms in total. The summed E-state index contributed by atoms with van der Waals surface area (Å²) in [5, 5.41) is 8.58. The van der Waals surface area contributed by atoms with Crippen LogP contribution >= 0.6 is 0 Å². The van der Waals surface area contributed by atoms with Gasteiger partial charge < -0.3 is 4.74 Å². The Morgan fingerprint density at radius 3 is 2.35 bits per heavy atom. The van der Waals surface area contributed by atoms with E-state index < -0.39 is 20.5 Å². The fourth-order valence-electron chi connectivity index (χ4n) is 3.11. The van der Waals surface area contributed by atoms with Gasteiger partial charge in [-0.25, -0.2) is 13.9 Å². The average Bonchev–Trinajstić information content (AvgIpc) is 2.56. The van der Waals surface area contributed by atoms with Gasteiger partial charge in [0, 0.05) is 6.42 Å². The van der Waals surface area contributed by atoms with E-state index in [0.29, 0.717) is 36.3 Å². The van der Waals surface area contributed by atoms with E-state index in [4.69, 9.17) is 9.94 Å². The first-order chi connectivity index (χ1) is 10.8. The lowest BCUT2D eigenvalue weighted by Gasteiger charge is -2.36. The lowest BCUT2D eigenvalue weighted by molar-refractivity contribution is -0.130. The van der Waals surface area contributed by atoms with E-state index in [-0.39, 0.29) is 12.3 Å². The molecule has 7 heteroatoms. The molecule has 1 aromatic carbocycles. The number of methoxy groups -OCH3 is 1. The molecule has 1 aliphatic carbocycles. The number of hydroxylamine groups is 1.